The third kappa shape index (κ3) is 3.56. The van der Waals surface area contributed by atoms with Gasteiger partial charge in [-0.3, -0.25) is 4.79 Å². The van der Waals surface area contributed by atoms with Gasteiger partial charge in [0.2, 0.25) is 5.91 Å². The van der Waals surface area contributed by atoms with Gasteiger partial charge in [-0.25, -0.2) is 0 Å². The summed E-state index contributed by atoms with van der Waals surface area (Å²) in [5.41, 5.74) is 2.36. The average molecular weight is 233 g/mol. The minimum Gasteiger partial charge on any atom is -0.368 e. The molecule has 0 aliphatic carbocycles. The van der Waals surface area contributed by atoms with Gasteiger partial charge in [0, 0.05) is 13.2 Å². The van der Waals surface area contributed by atoms with E-state index < -0.39 is 0 Å². The summed E-state index contributed by atoms with van der Waals surface area (Å²) in [5.74, 6) is 0.0188. The molecule has 3 nitrogen and oxygen atoms in total. The van der Waals surface area contributed by atoms with Crippen LogP contribution in [-0.4, -0.2) is 18.6 Å². The van der Waals surface area contributed by atoms with Crippen LogP contribution in [0.3, 0.4) is 0 Å². The first-order chi connectivity index (χ1) is 8.25. The summed E-state index contributed by atoms with van der Waals surface area (Å²) >= 11 is 0. The number of carbonyl (C=O) groups is 1. The molecule has 0 aromatic heterocycles. The summed E-state index contributed by atoms with van der Waals surface area (Å²) in [6.07, 6.45) is 2.76. The Morgan fingerprint density at radius 2 is 2.12 bits per heavy atom. The van der Waals surface area contributed by atoms with Gasteiger partial charge < -0.3 is 10.1 Å². The molecule has 1 heterocycles. The molecule has 1 aliphatic rings. The number of rotatable bonds is 3. The van der Waals surface area contributed by atoms with E-state index in [2.05, 4.69) is 24.4 Å². The minimum atomic E-state index is -0.241. The molecule has 2 rings (SSSR count). The molecular weight excluding hydrogens is 214 g/mol. The number of hydrogen-bond donors (Lipinski definition) is 1. The standard InChI is InChI=1S/C14H19NO2/c1-11-5-7-12(8-6-11)10-15-14(16)13-4-2-3-9-17-13/h5-8,13H,2-4,9-10H2,1H3,(H,15,16). The van der Waals surface area contributed by atoms with Crippen LogP contribution in [0, 0.1) is 6.92 Å². The summed E-state index contributed by atoms with van der Waals surface area (Å²) in [6, 6.07) is 8.19. The Kier molecular flexibility index (Phi) is 4.15. The van der Waals surface area contributed by atoms with Crippen LogP contribution < -0.4 is 5.32 Å². The highest BCUT2D eigenvalue weighted by Gasteiger charge is 2.21. The Labute approximate surface area is 102 Å². The van der Waals surface area contributed by atoms with E-state index in [4.69, 9.17) is 4.74 Å². The van der Waals surface area contributed by atoms with E-state index in [1.54, 1.807) is 0 Å². The Balaban J connectivity index is 1.81. The van der Waals surface area contributed by atoms with Gasteiger partial charge in [-0.2, -0.15) is 0 Å². The lowest BCUT2D eigenvalue weighted by molar-refractivity contribution is -0.135. The van der Waals surface area contributed by atoms with E-state index in [1.807, 2.05) is 12.1 Å². The van der Waals surface area contributed by atoms with Crippen molar-refractivity contribution in [1.29, 1.82) is 0 Å². The molecule has 0 saturated carbocycles. The molecule has 1 saturated heterocycles. The van der Waals surface area contributed by atoms with E-state index in [0.717, 1.165) is 24.8 Å². The molecule has 92 valence electrons. The lowest BCUT2D eigenvalue weighted by atomic mass is 10.1. The van der Waals surface area contributed by atoms with E-state index in [1.165, 1.54) is 5.56 Å². The van der Waals surface area contributed by atoms with Crippen molar-refractivity contribution in [2.45, 2.75) is 38.8 Å². The highest BCUT2D eigenvalue weighted by Crippen LogP contribution is 2.12. The molecule has 1 atom stereocenters. The van der Waals surface area contributed by atoms with Crippen LogP contribution in [0.25, 0.3) is 0 Å². The lowest BCUT2D eigenvalue weighted by Crippen LogP contribution is -2.37. The molecule has 1 fully saturated rings. The number of hydrogen-bond acceptors (Lipinski definition) is 2. The molecule has 17 heavy (non-hydrogen) atoms. The maximum atomic E-state index is 11.8. The average Bonchev–Trinajstić information content (AvgIpc) is 2.39. The number of ether oxygens (including phenoxy) is 1. The maximum Gasteiger partial charge on any atom is 0.249 e. The second-order valence-corrected chi connectivity index (χ2v) is 4.56. The fourth-order valence-electron chi connectivity index (χ4n) is 1.96. The molecule has 1 aliphatic heterocycles. The van der Waals surface area contributed by atoms with Gasteiger partial charge in [0.25, 0.3) is 0 Å². The molecule has 1 amide bonds. The van der Waals surface area contributed by atoms with Crippen LogP contribution in [0.15, 0.2) is 24.3 Å². The number of amides is 1. The van der Waals surface area contributed by atoms with Gasteiger partial charge in [-0.15, -0.1) is 0 Å². The second-order valence-electron chi connectivity index (χ2n) is 4.56. The van der Waals surface area contributed by atoms with Gasteiger partial charge in [0.15, 0.2) is 0 Å². The molecule has 0 bridgehead atoms. The smallest absolute Gasteiger partial charge is 0.249 e. The van der Waals surface area contributed by atoms with Crippen LogP contribution in [0.1, 0.15) is 30.4 Å². The predicted molar refractivity (Wildman–Crippen MR) is 66.6 cm³/mol. The van der Waals surface area contributed by atoms with Crippen molar-refractivity contribution in [3.8, 4) is 0 Å². The van der Waals surface area contributed by atoms with Gasteiger partial charge >= 0.3 is 0 Å². The van der Waals surface area contributed by atoms with Crippen molar-refractivity contribution in [1.82, 2.24) is 5.32 Å². The fourth-order valence-corrected chi connectivity index (χ4v) is 1.96. The third-order valence-corrected chi connectivity index (χ3v) is 3.06. The maximum absolute atomic E-state index is 11.8. The quantitative estimate of drug-likeness (QED) is 0.869. The largest absolute Gasteiger partial charge is 0.368 e. The Morgan fingerprint density at radius 1 is 1.35 bits per heavy atom. The van der Waals surface area contributed by atoms with Crippen molar-refractivity contribution in [3.63, 3.8) is 0 Å². The van der Waals surface area contributed by atoms with Gasteiger partial charge in [-0.05, 0) is 31.7 Å². The highest BCUT2D eigenvalue weighted by molar-refractivity contribution is 5.80. The summed E-state index contributed by atoms with van der Waals surface area (Å²) in [7, 11) is 0. The van der Waals surface area contributed by atoms with Crippen molar-refractivity contribution < 1.29 is 9.53 Å². The van der Waals surface area contributed by atoms with Crippen molar-refractivity contribution >= 4 is 5.91 Å². The summed E-state index contributed by atoms with van der Waals surface area (Å²) < 4.78 is 5.44. The highest BCUT2D eigenvalue weighted by atomic mass is 16.5. The van der Waals surface area contributed by atoms with E-state index >= 15 is 0 Å². The van der Waals surface area contributed by atoms with Crippen LogP contribution in [-0.2, 0) is 16.1 Å². The minimum absolute atomic E-state index is 0.0188. The van der Waals surface area contributed by atoms with Gasteiger partial charge in [0.1, 0.15) is 6.10 Å². The second kappa shape index (κ2) is 5.82. The zero-order chi connectivity index (χ0) is 12.1. The Bertz CT molecular complexity index is 366. The monoisotopic (exact) mass is 233 g/mol. The molecule has 0 radical (unpaired) electrons. The zero-order valence-electron chi connectivity index (χ0n) is 10.2. The first-order valence-electron chi connectivity index (χ1n) is 6.20. The molecule has 1 unspecified atom stereocenters. The summed E-state index contributed by atoms with van der Waals surface area (Å²) in [6.45, 7) is 3.35. The van der Waals surface area contributed by atoms with Gasteiger partial charge in [0.05, 0.1) is 0 Å². The van der Waals surface area contributed by atoms with E-state index in [0.29, 0.717) is 13.2 Å². The fraction of sp³-hybridized carbons (Fsp3) is 0.500. The topological polar surface area (TPSA) is 38.3 Å². The Hall–Kier alpha value is -1.35. The summed E-state index contributed by atoms with van der Waals surface area (Å²) in [5, 5.41) is 2.92. The normalized spacial score (nSPS) is 19.9. The van der Waals surface area contributed by atoms with Crippen LogP contribution >= 0.6 is 0 Å². The molecule has 1 aromatic rings. The van der Waals surface area contributed by atoms with Crippen LogP contribution in [0.2, 0.25) is 0 Å². The van der Waals surface area contributed by atoms with Crippen LogP contribution in [0.4, 0.5) is 0 Å². The number of benzene rings is 1. The van der Waals surface area contributed by atoms with Crippen molar-refractivity contribution in [3.05, 3.63) is 35.4 Å². The van der Waals surface area contributed by atoms with Crippen LogP contribution in [0.5, 0.6) is 0 Å². The first-order valence-corrected chi connectivity index (χ1v) is 6.20. The molecule has 1 aromatic carbocycles. The van der Waals surface area contributed by atoms with E-state index in [-0.39, 0.29) is 12.0 Å². The molecule has 3 heteroatoms. The molecule has 1 N–H and O–H groups in total. The first kappa shape index (κ1) is 12.1. The molecule has 0 spiro atoms. The number of nitrogens with one attached hydrogen (secondary N) is 1. The molecular formula is C14H19NO2. The third-order valence-electron chi connectivity index (χ3n) is 3.06. The van der Waals surface area contributed by atoms with Gasteiger partial charge in [-0.1, -0.05) is 29.8 Å². The van der Waals surface area contributed by atoms with E-state index in [9.17, 15) is 4.79 Å². The van der Waals surface area contributed by atoms with Crippen molar-refractivity contribution in [2.75, 3.05) is 6.61 Å². The van der Waals surface area contributed by atoms with Crippen molar-refractivity contribution in [2.24, 2.45) is 0 Å². The Morgan fingerprint density at radius 3 is 2.76 bits per heavy atom. The number of carbonyl (C=O) groups excluding carboxylic acids is 1. The summed E-state index contributed by atoms with van der Waals surface area (Å²) in [4.78, 5) is 11.8. The SMILES string of the molecule is Cc1ccc(CNC(=O)C2CCCCO2)cc1. The number of aryl methyl sites for hydroxylation is 1. The lowest BCUT2D eigenvalue weighted by Gasteiger charge is -2.21. The zero-order valence-corrected chi connectivity index (χ0v) is 10.2. The predicted octanol–water partition coefficient (Wildman–Crippen LogP) is 2.18.